The van der Waals surface area contributed by atoms with E-state index in [0.29, 0.717) is 25.1 Å². The van der Waals surface area contributed by atoms with Crippen LogP contribution in [0.1, 0.15) is 23.2 Å². The summed E-state index contributed by atoms with van der Waals surface area (Å²) in [5, 5.41) is 12.1. The van der Waals surface area contributed by atoms with Crippen molar-refractivity contribution in [2.45, 2.75) is 12.8 Å². The molecule has 20 heavy (non-hydrogen) atoms. The van der Waals surface area contributed by atoms with Gasteiger partial charge in [-0.25, -0.2) is 0 Å². The molecule has 1 aliphatic heterocycles. The lowest BCUT2D eigenvalue weighted by atomic mass is 9.97. The van der Waals surface area contributed by atoms with Gasteiger partial charge in [-0.3, -0.25) is 9.59 Å². The summed E-state index contributed by atoms with van der Waals surface area (Å²) >= 11 is 1.65. The van der Waals surface area contributed by atoms with Crippen molar-refractivity contribution in [3.8, 4) is 0 Å². The maximum atomic E-state index is 12.5. The van der Waals surface area contributed by atoms with E-state index >= 15 is 0 Å². The predicted octanol–water partition coefficient (Wildman–Crippen LogP) is 2.84. The normalized spacial score (nSPS) is 19.2. The fourth-order valence-electron chi connectivity index (χ4n) is 2.65. The Hall–Kier alpha value is -1.88. The first kappa shape index (κ1) is 13.1. The summed E-state index contributed by atoms with van der Waals surface area (Å²) in [6, 6.07) is 7.66. The van der Waals surface area contributed by atoms with E-state index in [9.17, 15) is 9.59 Å². The smallest absolute Gasteiger partial charge is 0.308 e. The van der Waals surface area contributed by atoms with Crippen LogP contribution >= 0.6 is 11.3 Å². The van der Waals surface area contributed by atoms with Crippen LogP contribution in [0, 0.1) is 5.92 Å². The van der Waals surface area contributed by atoms with Crippen molar-refractivity contribution in [2.24, 2.45) is 5.92 Å². The Balaban J connectivity index is 1.82. The maximum absolute atomic E-state index is 12.5. The van der Waals surface area contributed by atoms with Gasteiger partial charge in [0.15, 0.2) is 0 Å². The van der Waals surface area contributed by atoms with E-state index in [4.69, 9.17) is 5.11 Å². The van der Waals surface area contributed by atoms with Gasteiger partial charge >= 0.3 is 5.97 Å². The molecule has 3 rings (SSSR count). The molecule has 1 aromatic carbocycles. The highest BCUT2D eigenvalue weighted by Gasteiger charge is 2.28. The van der Waals surface area contributed by atoms with E-state index in [-0.39, 0.29) is 5.91 Å². The molecule has 1 unspecified atom stereocenters. The van der Waals surface area contributed by atoms with Gasteiger partial charge in [-0.2, -0.15) is 0 Å². The van der Waals surface area contributed by atoms with Crippen LogP contribution in [0.2, 0.25) is 0 Å². The summed E-state index contributed by atoms with van der Waals surface area (Å²) in [5.41, 5.74) is 0.641. The van der Waals surface area contributed by atoms with Crippen molar-refractivity contribution in [1.82, 2.24) is 4.90 Å². The molecule has 0 radical (unpaired) electrons. The van der Waals surface area contributed by atoms with Crippen molar-refractivity contribution in [3.05, 3.63) is 35.2 Å². The second-order valence-corrected chi connectivity index (χ2v) is 6.05. The molecule has 2 heterocycles. The largest absolute Gasteiger partial charge is 0.481 e. The van der Waals surface area contributed by atoms with Crippen molar-refractivity contribution in [1.29, 1.82) is 0 Å². The van der Waals surface area contributed by atoms with Crippen molar-refractivity contribution in [2.75, 3.05) is 13.1 Å². The third kappa shape index (κ3) is 2.41. The number of rotatable bonds is 2. The number of carbonyl (C=O) groups excluding carboxylic acids is 1. The summed E-state index contributed by atoms with van der Waals surface area (Å²) < 4.78 is 1.16. The zero-order valence-electron chi connectivity index (χ0n) is 10.9. The highest BCUT2D eigenvalue weighted by atomic mass is 32.1. The van der Waals surface area contributed by atoms with Crippen LogP contribution in [-0.4, -0.2) is 35.0 Å². The van der Waals surface area contributed by atoms with E-state index in [1.165, 1.54) is 0 Å². The topological polar surface area (TPSA) is 57.6 Å². The molecule has 1 aromatic heterocycles. The standard InChI is InChI=1S/C15H15NO3S/c17-14(16-6-1-2-12(9-16)15(18)19)11-3-4-13-10(8-11)5-7-20-13/h3-5,7-8,12H,1-2,6,9H2,(H,18,19). The van der Waals surface area contributed by atoms with E-state index in [2.05, 4.69) is 0 Å². The zero-order valence-corrected chi connectivity index (χ0v) is 11.7. The maximum Gasteiger partial charge on any atom is 0.308 e. The number of carboxylic acid groups (broad SMARTS) is 1. The molecule has 5 heteroatoms. The molecule has 2 aromatic rings. The van der Waals surface area contributed by atoms with Gasteiger partial charge in [0.25, 0.3) is 5.91 Å². The number of hydrogen-bond acceptors (Lipinski definition) is 3. The Kier molecular flexibility index (Phi) is 3.44. The van der Waals surface area contributed by atoms with Gasteiger partial charge in [0.2, 0.25) is 0 Å². The summed E-state index contributed by atoms with van der Waals surface area (Å²) in [6.07, 6.45) is 1.41. The molecular formula is C15H15NO3S. The SMILES string of the molecule is O=C(O)C1CCCN(C(=O)c2ccc3sccc3c2)C1. The Morgan fingerprint density at radius 1 is 1.30 bits per heavy atom. The number of benzene rings is 1. The fraction of sp³-hybridized carbons (Fsp3) is 0.333. The monoisotopic (exact) mass is 289 g/mol. The number of fused-ring (bicyclic) bond motifs is 1. The lowest BCUT2D eigenvalue weighted by molar-refractivity contribution is -0.143. The molecule has 1 atom stereocenters. The summed E-state index contributed by atoms with van der Waals surface area (Å²) in [4.78, 5) is 25.2. The van der Waals surface area contributed by atoms with Gasteiger partial charge < -0.3 is 10.0 Å². The van der Waals surface area contributed by atoms with Gasteiger partial charge in [-0.1, -0.05) is 0 Å². The lowest BCUT2D eigenvalue weighted by Crippen LogP contribution is -2.42. The van der Waals surface area contributed by atoms with E-state index < -0.39 is 11.9 Å². The first-order chi connectivity index (χ1) is 9.65. The molecule has 0 saturated carbocycles. The fourth-order valence-corrected chi connectivity index (χ4v) is 3.42. The van der Waals surface area contributed by atoms with Crippen LogP contribution in [0.5, 0.6) is 0 Å². The van der Waals surface area contributed by atoms with Gasteiger partial charge in [-0.15, -0.1) is 11.3 Å². The molecule has 1 N–H and O–H groups in total. The van der Waals surface area contributed by atoms with E-state index in [0.717, 1.165) is 16.5 Å². The second kappa shape index (κ2) is 5.25. The van der Waals surface area contributed by atoms with Crippen molar-refractivity contribution < 1.29 is 14.7 Å². The number of carboxylic acids is 1. The van der Waals surface area contributed by atoms with Gasteiger partial charge in [0.1, 0.15) is 0 Å². The van der Waals surface area contributed by atoms with Crippen LogP contribution in [0.3, 0.4) is 0 Å². The summed E-state index contributed by atoms with van der Waals surface area (Å²) in [7, 11) is 0. The Bertz CT molecular complexity index is 664. The van der Waals surface area contributed by atoms with Crippen LogP contribution in [0.25, 0.3) is 10.1 Å². The van der Waals surface area contributed by atoms with Crippen molar-refractivity contribution >= 4 is 33.3 Å². The lowest BCUT2D eigenvalue weighted by Gasteiger charge is -2.30. The minimum atomic E-state index is -0.809. The van der Waals surface area contributed by atoms with E-state index in [1.807, 2.05) is 29.6 Å². The van der Waals surface area contributed by atoms with E-state index in [1.54, 1.807) is 16.2 Å². The molecule has 0 spiro atoms. The first-order valence-electron chi connectivity index (χ1n) is 6.64. The Morgan fingerprint density at radius 2 is 2.15 bits per heavy atom. The molecule has 1 saturated heterocycles. The van der Waals surface area contributed by atoms with Crippen LogP contribution in [-0.2, 0) is 4.79 Å². The number of piperidine rings is 1. The zero-order chi connectivity index (χ0) is 14.1. The van der Waals surface area contributed by atoms with Crippen LogP contribution in [0.15, 0.2) is 29.6 Å². The number of hydrogen-bond donors (Lipinski definition) is 1. The van der Waals surface area contributed by atoms with Gasteiger partial charge in [0.05, 0.1) is 5.92 Å². The minimum Gasteiger partial charge on any atom is -0.481 e. The predicted molar refractivity (Wildman–Crippen MR) is 78.1 cm³/mol. The Labute approximate surface area is 120 Å². The molecular weight excluding hydrogens is 274 g/mol. The number of nitrogens with zero attached hydrogens (tertiary/aromatic N) is 1. The van der Waals surface area contributed by atoms with Crippen LogP contribution < -0.4 is 0 Å². The number of carbonyl (C=O) groups is 2. The molecule has 104 valence electrons. The van der Waals surface area contributed by atoms with Gasteiger partial charge in [-0.05, 0) is 47.9 Å². The van der Waals surface area contributed by atoms with Crippen LogP contribution in [0.4, 0.5) is 0 Å². The summed E-state index contributed by atoms with van der Waals surface area (Å²) in [5.74, 6) is -1.31. The number of thiophene rings is 1. The van der Waals surface area contributed by atoms with Crippen molar-refractivity contribution in [3.63, 3.8) is 0 Å². The highest BCUT2D eigenvalue weighted by Crippen LogP contribution is 2.24. The molecule has 0 bridgehead atoms. The summed E-state index contributed by atoms with van der Waals surface area (Å²) in [6.45, 7) is 0.958. The third-order valence-electron chi connectivity index (χ3n) is 3.76. The average Bonchev–Trinajstić information content (AvgIpc) is 2.94. The number of amides is 1. The quantitative estimate of drug-likeness (QED) is 0.925. The molecule has 1 fully saturated rings. The second-order valence-electron chi connectivity index (χ2n) is 5.10. The number of likely N-dealkylation sites (tertiary alicyclic amines) is 1. The molecule has 0 aliphatic carbocycles. The Morgan fingerprint density at radius 3 is 2.95 bits per heavy atom. The average molecular weight is 289 g/mol. The molecule has 1 amide bonds. The third-order valence-corrected chi connectivity index (χ3v) is 4.66. The molecule has 1 aliphatic rings. The molecule has 4 nitrogen and oxygen atoms in total. The minimum absolute atomic E-state index is 0.0657. The first-order valence-corrected chi connectivity index (χ1v) is 7.52. The van der Waals surface area contributed by atoms with Gasteiger partial charge in [0, 0.05) is 23.4 Å². The number of aliphatic carboxylic acids is 1. The highest BCUT2D eigenvalue weighted by molar-refractivity contribution is 7.17.